The third kappa shape index (κ3) is 3.55. The number of hydrogen-bond acceptors (Lipinski definition) is 3. The van der Waals surface area contributed by atoms with Gasteiger partial charge in [-0.2, -0.15) is 0 Å². The van der Waals surface area contributed by atoms with Gasteiger partial charge in [-0.1, -0.05) is 24.3 Å². The average Bonchev–Trinajstić information content (AvgIpc) is 2.37. The average molecular weight is 262 g/mol. The molecule has 1 aromatic rings. The number of nitrogens with two attached hydrogens (primary N) is 1. The van der Waals surface area contributed by atoms with E-state index in [9.17, 15) is 4.79 Å². The lowest BCUT2D eigenvalue weighted by Gasteiger charge is -2.35. The molecule has 0 radical (unpaired) electrons. The summed E-state index contributed by atoms with van der Waals surface area (Å²) < 4.78 is 5.57. The molecule has 1 aliphatic rings. The van der Waals surface area contributed by atoms with Crippen LogP contribution >= 0.6 is 0 Å². The minimum Gasteiger partial charge on any atom is -0.377 e. The van der Waals surface area contributed by atoms with E-state index in [1.54, 1.807) is 0 Å². The monoisotopic (exact) mass is 262 g/mol. The number of benzene rings is 1. The van der Waals surface area contributed by atoms with E-state index < -0.39 is 0 Å². The Morgan fingerprint density at radius 1 is 1.42 bits per heavy atom. The minimum absolute atomic E-state index is 0.212. The van der Waals surface area contributed by atoms with Crippen molar-refractivity contribution in [3.05, 3.63) is 35.4 Å². The number of primary amides is 1. The van der Waals surface area contributed by atoms with Gasteiger partial charge in [-0.05, 0) is 31.4 Å². The van der Waals surface area contributed by atoms with Crippen LogP contribution in [0.25, 0.3) is 0 Å². The molecule has 1 unspecified atom stereocenters. The van der Waals surface area contributed by atoms with E-state index in [0.717, 1.165) is 13.1 Å². The molecule has 19 heavy (non-hydrogen) atoms. The van der Waals surface area contributed by atoms with Crippen LogP contribution in [-0.4, -0.2) is 36.1 Å². The van der Waals surface area contributed by atoms with Gasteiger partial charge in [0.05, 0.1) is 18.8 Å². The molecule has 2 rings (SSSR count). The molecule has 0 spiro atoms. The van der Waals surface area contributed by atoms with Gasteiger partial charge in [0.1, 0.15) is 0 Å². The predicted octanol–water partition coefficient (Wildman–Crippen LogP) is 1.32. The highest BCUT2D eigenvalue weighted by Crippen LogP contribution is 2.22. The standard InChI is InChI=1S/C15H22N2O2/c1-11(2)19-8-7-17-10-13-6-4-3-5-12(13)9-14(17)15(16)18/h3-6,11,14H,7-10H2,1-2H3,(H2,16,18). The SMILES string of the molecule is CC(C)OCCN1Cc2ccccc2CC1C(N)=O. The lowest BCUT2D eigenvalue weighted by atomic mass is 9.93. The van der Waals surface area contributed by atoms with Crippen molar-refractivity contribution in [2.45, 2.75) is 39.0 Å². The summed E-state index contributed by atoms with van der Waals surface area (Å²) in [5, 5.41) is 0. The molecular weight excluding hydrogens is 240 g/mol. The molecular formula is C15H22N2O2. The number of carbonyl (C=O) groups is 1. The van der Waals surface area contributed by atoms with Crippen molar-refractivity contribution in [3.63, 3.8) is 0 Å². The van der Waals surface area contributed by atoms with Crippen LogP contribution in [0.2, 0.25) is 0 Å². The third-order valence-corrected chi connectivity index (χ3v) is 3.50. The molecule has 4 heteroatoms. The van der Waals surface area contributed by atoms with E-state index in [-0.39, 0.29) is 18.1 Å². The van der Waals surface area contributed by atoms with Crippen molar-refractivity contribution in [2.75, 3.05) is 13.2 Å². The Morgan fingerprint density at radius 3 is 2.74 bits per heavy atom. The van der Waals surface area contributed by atoms with Gasteiger partial charge in [0.2, 0.25) is 5.91 Å². The summed E-state index contributed by atoms with van der Waals surface area (Å²) in [6, 6.07) is 8.02. The Labute approximate surface area is 114 Å². The van der Waals surface area contributed by atoms with Gasteiger partial charge in [-0.15, -0.1) is 0 Å². The first kappa shape index (κ1) is 14.0. The van der Waals surface area contributed by atoms with Gasteiger partial charge in [-0.3, -0.25) is 9.69 Å². The quantitative estimate of drug-likeness (QED) is 0.871. The first-order valence-corrected chi connectivity index (χ1v) is 6.79. The Kier molecular flexibility index (Phi) is 4.56. The van der Waals surface area contributed by atoms with Crippen LogP contribution in [0.5, 0.6) is 0 Å². The van der Waals surface area contributed by atoms with Gasteiger partial charge in [-0.25, -0.2) is 0 Å². The fourth-order valence-electron chi connectivity index (χ4n) is 2.50. The molecule has 0 saturated carbocycles. The first-order valence-electron chi connectivity index (χ1n) is 6.79. The maximum Gasteiger partial charge on any atom is 0.235 e. The van der Waals surface area contributed by atoms with E-state index in [1.165, 1.54) is 11.1 Å². The Morgan fingerprint density at radius 2 is 2.11 bits per heavy atom. The molecule has 0 aliphatic carbocycles. The van der Waals surface area contributed by atoms with Gasteiger partial charge >= 0.3 is 0 Å². The van der Waals surface area contributed by atoms with Crippen molar-refractivity contribution in [1.29, 1.82) is 0 Å². The molecule has 0 bridgehead atoms. The Balaban J connectivity index is 2.06. The summed E-state index contributed by atoms with van der Waals surface area (Å²) in [5.41, 5.74) is 8.04. The largest absolute Gasteiger partial charge is 0.377 e. The van der Waals surface area contributed by atoms with Crippen molar-refractivity contribution in [2.24, 2.45) is 5.73 Å². The molecule has 2 N–H and O–H groups in total. The summed E-state index contributed by atoms with van der Waals surface area (Å²) >= 11 is 0. The molecule has 0 fully saturated rings. The zero-order valence-electron chi connectivity index (χ0n) is 11.6. The second kappa shape index (κ2) is 6.17. The van der Waals surface area contributed by atoms with Crippen LogP contribution in [0.1, 0.15) is 25.0 Å². The van der Waals surface area contributed by atoms with Gasteiger partial charge < -0.3 is 10.5 Å². The molecule has 1 heterocycles. The molecule has 104 valence electrons. The van der Waals surface area contributed by atoms with Gasteiger partial charge in [0.15, 0.2) is 0 Å². The smallest absolute Gasteiger partial charge is 0.235 e. The number of amides is 1. The molecule has 1 amide bonds. The summed E-state index contributed by atoms with van der Waals surface area (Å²) in [5.74, 6) is -0.251. The van der Waals surface area contributed by atoms with Crippen molar-refractivity contribution in [1.82, 2.24) is 4.90 Å². The lowest BCUT2D eigenvalue weighted by molar-refractivity contribution is -0.124. The summed E-state index contributed by atoms with van der Waals surface area (Å²) in [4.78, 5) is 13.7. The Hall–Kier alpha value is -1.39. The van der Waals surface area contributed by atoms with E-state index in [4.69, 9.17) is 10.5 Å². The topological polar surface area (TPSA) is 55.6 Å². The minimum atomic E-state index is -0.251. The van der Waals surface area contributed by atoms with Crippen molar-refractivity contribution in [3.8, 4) is 0 Å². The molecule has 4 nitrogen and oxygen atoms in total. The van der Waals surface area contributed by atoms with Gasteiger partial charge in [0, 0.05) is 13.1 Å². The number of carbonyl (C=O) groups excluding carboxylic acids is 1. The maximum absolute atomic E-state index is 11.6. The molecule has 0 saturated heterocycles. The zero-order chi connectivity index (χ0) is 13.8. The lowest BCUT2D eigenvalue weighted by Crippen LogP contribution is -2.49. The highest BCUT2D eigenvalue weighted by Gasteiger charge is 2.29. The Bertz CT molecular complexity index is 446. The molecule has 0 aromatic heterocycles. The van der Waals surface area contributed by atoms with E-state index in [1.807, 2.05) is 26.0 Å². The number of hydrogen-bond donors (Lipinski definition) is 1. The number of ether oxygens (including phenoxy) is 1. The number of nitrogens with zero attached hydrogens (tertiary/aromatic N) is 1. The second-order valence-electron chi connectivity index (χ2n) is 5.28. The highest BCUT2D eigenvalue weighted by atomic mass is 16.5. The summed E-state index contributed by atoms with van der Waals surface area (Å²) in [6.45, 7) is 6.16. The maximum atomic E-state index is 11.6. The van der Waals surface area contributed by atoms with Crippen LogP contribution in [0.15, 0.2) is 24.3 Å². The van der Waals surface area contributed by atoms with Crippen molar-refractivity contribution >= 4 is 5.91 Å². The second-order valence-corrected chi connectivity index (χ2v) is 5.28. The zero-order valence-corrected chi connectivity index (χ0v) is 11.6. The van der Waals surface area contributed by atoms with Crippen LogP contribution < -0.4 is 5.73 Å². The van der Waals surface area contributed by atoms with Crippen LogP contribution in [0.4, 0.5) is 0 Å². The normalized spacial score (nSPS) is 19.4. The summed E-state index contributed by atoms with van der Waals surface area (Å²) in [7, 11) is 0. The predicted molar refractivity (Wildman–Crippen MR) is 74.6 cm³/mol. The highest BCUT2D eigenvalue weighted by molar-refractivity contribution is 5.80. The molecule has 1 aliphatic heterocycles. The van der Waals surface area contributed by atoms with Crippen LogP contribution in [0, 0.1) is 0 Å². The third-order valence-electron chi connectivity index (χ3n) is 3.50. The van der Waals surface area contributed by atoms with Gasteiger partial charge in [0.25, 0.3) is 0 Å². The first-order chi connectivity index (χ1) is 9.08. The number of fused-ring (bicyclic) bond motifs is 1. The van der Waals surface area contributed by atoms with E-state index >= 15 is 0 Å². The molecule has 1 atom stereocenters. The van der Waals surface area contributed by atoms with E-state index in [2.05, 4.69) is 17.0 Å². The number of rotatable bonds is 5. The molecule has 1 aromatic carbocycles. The van der Waals surface area contributed by atoms with Crippen LogP contribution in [0.3, 0.4) is 0 Å². The fraction of sp³-hybridized carbons (Fsp3) is 0.533. The summed E-state index contributed by atoms with van der Waals surface area (Å²) in [6.07, 6.45) is 0.914. The van der Waals surface area contributed by atoms with E-state index in [0.29, 0.717) is 13.0 Å². The van der Waals surface area contributed by atoms with Crippen molar-refractivity contribution < 1.29 is 9.53 Å². The van der Waals surface area contributed by atoms with Crippen LogP contribution in [-0.2, 0) is 22.5 Å². The fourth-order valence-corrected chi connectivity index (χ4v) is 2.50.